The lowest BCUT2D eigenvalue weighted by molar-refractivity contribution is -0.138. The maximum atomic E-state index is 12.5. The fourth-order valence-electron chi connectivity index (χ4n) is 1.95. The number of urea groups is 1. The molecule has 1 atom stereocenters. The first-order chi connectivity index (χ1) is 9.86. The lowest BCUT2D eigenvalue weighted by Gasteiger charge is -2.31. The van der Waals surface area contributed by atoms with Crippen molar-refractivity contribution in [2.75, 3.05) is 13.6 Å². The maximum absolute atomic E-state index is 12.5. The number of nitrogens with zero attached hydrogens (tertiary/aromatic N) is 2. The Morgan fingerprint density at radius 1 is 1.33 bits per heavy atom. The highest BCUT2D eigenvalue weighted by Crippen LogP contribution is 2.18. The van der Waals surface area contributed by atoms with Crippen molar-refractivity contribution in [3.63, 3.8) is 0 Å². The second kappa shape index (κ2) is 8.02. The molecule has 0 aliphatic heterocycles. The van der Waals surface area contributed by atoms with Gasteiger partial charge >= 0.3 is 12.0 Å². The van der Waals surface area contributed by atoms with E-state index in [4.69, 9.17) is 5.11 Å². The molecule has 1 unspecified atom stereocenters. The molecule has 116 valence electrons. The van der Waals surface area contributed by atoms with E-state index in [1.807, 2.05) is 38.1 Å². The number of halogens is 1. The average molecular weight is 357 g/mol. The van der Waals surface area contributed by atoms with Crippen LogP contribution in [0.1, 0.15) is 25.8 Å². The van der Waals surface area contributed by atoms with Crippen molar-refractivity contribution in [1.82, 2.24) is 9.80 Å². The largest absolute Gasteiger partial charge is 0.480 e. The van der Waals surface area contributed by atoms with Crippen LogP contribution in [0.4, 0.5) is 4.79 Å². The Kier molecular flexibility index (Phi) is 6.68. The van der Waals surface area contributed by atoms with Crippen molar-refractivity contribution in [3.05, 3.63) is 34.3 Å². The number of benzene rings is 1. The SMILES string of the molecule is CCC(C)N(CC(=O)O)C(=O)N(C)Cc1ccccc1Br. The summed E-state index contributed by atoms with van der Waals surface area (Å²) in [6.45, 7) is 3.93. The number of rotatable bonds is 6. The molecular formula is C15H21BrN2O3. The smallest absolute Gasteiger partial charge is 0.323 e. The Balaban J connectivity index is 2.83. The monoisotopic (exact) mass is 356 g/mol. The van der Waals surface area contributed by atoms with Crippen molar-refractivity contribution in [1.29, 1.82) is 0 Å². The van der Waals surface area contributed by atoms with Crippen LogP contribution in [0.3, 0.4) is 0 Å². The molecule has 0 bridgehead atoms. The standard InChI is InChI=1S/C15H21BrN2O3/c1-4-11(2)18(10-14(19)20)15(21)17(3)9-12-7-5-6-8-13(12)16/h5-8,11H,4,9-10H2,1-3H3,(H,19,20). The zero-order chi connectivity index (χ0) is 16.0. The maximum Gasteiger partial charge on any atom is 0.323 e. The quantitative estimate of drug-likeness (QED) is 0.851. The minimum atomic E-state index is -1.00. The molecule has 0 spiro atoms. The summed E-state index contributed by atoms with van der Waals surface area (Å²) in [5.41, 5.74) is 0.979. The number of hydrogen-bond acceptors (Lipinski definition) is 2. The van der Waals surface area contributed by atoms with Crippen molar-refractivity contribution < 1.29 is 14.7 Å². The van der Waals surface area contributed by atoms with Crippen LogP contribution >= 0.6 is 15.9 Å². The van der Waals surface area contributed by atoms with Gasteiger partial charge in [0.25, 0.3) is 0 Å². The summed E-state index contributed by atoms with van der Waals surface area (Å²) in [7, 11) is 1.68. The summed E-state index contributed by atoms with van der Waals surface area (Å²) in [5, 5.41) is 8.97. The number of amides is 2. The van der Waals surface area contributed by atoms with Gasteiger partial charge in [-0.3, -0.25) is 4.79 Å². The Morgan fingerprint density at radius 2 is 1.95 bits per heavy atom. The first-order valence-corrected chi connectivity index (χ1v) is 7.63. The van der Waals surface area contributed by atoms with Gasteiger partial charge in [0.1, 0.15) is 6.54 Å². The molecule has 1 aromatic carbocycles. The van der Waals surface area contributed by atoms with Crippen molar-refractivity contribution in [2.24, 2.45) is 0 Å². The molecule has 0 saturated carbocycles. The summed E-state index contributed by atoms with van der Waals surface area (Å²) in [5.74, 6) is -1.00. The number of aliphatic carboxylic acids is 1. The molecule has 5 nitrogen and oxygen atoms in total. The lowest BCUT2D eigenvalue weighted by Crippen LogP contribution is -2.47. The zero-order valence-electron chi connectivity index (χ0n) is 12.5. The number of carbonyl (C=O) groups is 2. The summed E-state index contributed by atoms with van der Waals surface area (Å²) >= 11 is 3.45. The van der Waals surface area contributed by atoms with Gasteiger partial charge in [0, 0.05) is 24.1 Å². The minimum Gasteiger partial charge on any atom is -0.480 e. The van der Waals surface area contributed by atoms with E-state index in [2.05, 4.69) is 15.9 Å². The number of carboxylic acids is 1. The fraction of sp³-hybridized carbons (Fsp3) is 0.467. The van der Waals surface area contributed by atoms with Gasteiger partial charge < -0.3 is 14.9 Å². The Hall–Kier alpha value is -1.56. The highest BCUT2D eigenvalue weighted by molar-refractivity contribution is 9.10. The molecule has 2 amide bonds. The van der Waals surface area contributed by atoms with Crippen LogP contribution in [0.5, 0.6) is 0 Å². The van der Waals surface area contributed by atoms with Gasteiger partial charge in [-0.05, 0) is 25.0 Å². The third-order valence-corrected chi connectivity index (χ3v) is 4.14. The first kappa shape index (κ1) is 17.5. The van der Waals surface area contributed by atoms with Gasteiger partial charge in [0.05, 0.1) is 0 Å². The highest BCUT2D eigenvalue weighted by Gasteiger charge is 2.24. The molecule has 1 N–H and O–H groups in total. The van der Waals surface area contributed by atoms with Crippen LogP contribution in [0, 0.1) is 0 Å². The van der Waals surface area contributed by atoms with Crippen LogP contribution in [0.15, 0.2) is 28.7 Å². The van der Waals surface area contributed by atoms with E-state index in [1.54, 1.807) is 7.05 Å². The molecule has 1 rings (SSSR count). The van der Waals surface area contributed by atoms with Crippen LogP contribution < -0.4 is 0 Å². The molecule has 0 aliphatic carbocycles. The molecule has 0 aromatic heterocycles. The van der Waals surface area contributed by atoms with E-state index in [1.165, 1.54) is 9.80 Å². The van der Waals surface area contributed by atoms with Crippen molar-refractivity contribution >= 4 is 27.9 Å². The average Bonchev–Trinajstić information content (AvgIpc) is 2.45. The Bertz CT molecular complexity index is 507. The zero-order valence-corrected chi connectivity index (χ0v) is 14.1. The van der Waals surface area contributed by atoms with E-state index in [-0.39, 0.29) is 18.6 Å². The Labute approximate surface area is 133 Å². The van der Waals surface area contributed by atoms with Crippen LogP contribution in [0.2, 0.25) is 0 Å². The van der Waals surface area contributed by atoms with Crippen molar-refractivity contribution in [3.8, 4) is 0 Å². The van der Waals surface area contributed by atoms with Gasteiger partial charge in [-0.2, -0.15) is 0 Å². The molecule has 1 aromatic rings. The van der Waals surface area contributed by atoms with Crippen LogP contribution in [0.25, 0.3) is 0 Å². The summed E-state index contributed by atoms with van der Waals surface area (Å²) in [6, 6.07) is 7.27. The summed E-state index contributed by atoms with van der Waals surface area (Å²) in [4.78, 5) is 26.3. The molecule has 0 heterocycles. The molecule has 21 heavy (non-hydrogen) atoms. The van der Waals surface area contributed by atoms with Gasteiger partial charge in [-0.25, -0.2) is 4.79 Å². The first-order valence-electron chi connectivity index (χ1n) is 6.83. The predicted octanol–water partition coefficient (Wildman–Crippen LogP) is 3.19. The highest BCUT2D eigenvalue weighted by atomic mass is 79.9. The molecule has 0 saturated heterocycles. The number of carbonyl (C=O) groups excluding carboxylic acids is 1. The van der Waals surface area contributed by atoms with Gasteiger partial charge in [-0.15, -0.1) is 0 Å². The molecule has 0 fully saturated rings. The number of hydrogen-bond donors (Lipinski definition) is 1. The van der Waals surface area contributed by atoms with E-state index in [0.29, 0.717) is 13.0 Å². The predicted molar refractivity (Wildman–Crippen MR) is 85.1 cm³/mol. The summed E-state index contributed by atoms with van der Waals surface area (Å²) in [6.07, 6.45) is 0.710. The molecule has 6 heteroatoms. The lowest BCUT2D eigenvalue weighted by atomic mass is 10.2. The van der Waals surface area contributed by atoms with E-state index < -0.39 is 5.97 Å². The summed E-state index contributed by atoms with van der Waals surface area (Å²) < 4.78 is 0.929. The van der Waals surface area contributed by atoms with E-state index >= 15 is 0 Å². The van der Waals surface area contributed by atoms with Crippen LogP contribution in [-0.2, 0) is 11.3 Å². The van der Waals surface area contributed by atoms with Crippen molar-refractivity contribution in [2.45, 2.75) is 32.9 Å². The Morgan fingerprint density at radius 3 is 2.48 bits per heavy atom. The fourth-order valence-corrected chi connectivity index (χ4v) is 2.36. The topological polar surface area (TPSA) is 60.9 Å². The van der Waals surface area contributed by atoms with Crippen LogP contribution in [-0.4, -0.2) is 46.5 Å². The second-order valence-electron chi connectivity index (χ2n) is 5.01. The third kappa shape index (κ3) is 5.04. The normalized spacial score (nSPS) is 11.8. The van der Waals surface area contributed by atoms with E-state index in [9.17, 15) is 9.59 Å². The molecular weight excluding hydrogens is 336 g/mol. The molecule has 0 aliphatic rings. The van der Waals surface area contributed by atoms with Gasteiger partial charge in [0.15, 0.2) is 0 Å². The van der Waals surface area contributed by atoms with E-state index in [0.717, 1.165) is 10.0 Å². The number of carboxylic acid groups (broad SMARTS) is 1. The third-order valence-electron chi connectivity index (χ3n) is 3.37. The van der Waals surface area contributed by atoms with Gasteiger partial charge in [-0.1, -0.05) is 41.1 Å². The molecule has 0 radical (unpaired) electrons. The second-order valence-corrected chi connectivity index (χ2v) is 5.86. The van der Waals surface area contributed by atoms with Gasteiger partial charge in [0.2, 0.25) is 0 Å². The minimum absolute atomic E-state index is 0.115.